The Morgan fingerprint density at radius 2 is 1.88 bits per heavy atom. The van der Waals surface area contributed by atoms with Crippen molar-refractivity contribution < 1.29 is 9.72 Å². The third-order valence-electron chi connectivity index (χ3n) is 3.57. The van der Waals surface area contributed by atoms with Crippen LogP contribution in [-0.2, 0) is 6.42 Å². The molecule has 1 aromatic heterocycles. The van der Waals surface area contributed by atoms with Crippen molar-refractivity contribution in [2.45, 2.75) is 6.42 Å². The molecule has 0 fully saturated rings. The fraction of sp³-hybridized carbons (Fsp3) is 0.0588. The molecular formula is C17H9Cl2NO4S. The van der Waals surface area contributed by atoms with E-state index in [2.05, 4.69) is 0 Å². The number of hydrogen-bond donors (Lipinski definition) is 0. The maximum Gasteiger partial charge on any atom is 0.288 e. The van der Waals surface area contributed by atoms with E-state index in [9.17, 15) is 19.7 Å². The lowest BCUT2D eigenvalue weighted by Gasteiger charge is -2.04. The Bertz CT molecular complexity index is 1080. The first-order valence-electron chi connectivity index (χ1n) is 7.04. The van der Waals surface area contributed by atoms with Crippen LogP contribution in [0.15, 0.2) is 47.3 Å². The minimum absolute atomic E-state index is 0.00622. The van der Waals surface area contributed by atoms with E-state index < -0.39 is 10.7 Å². The Kier molecular flexibility index (Phi) is 4.85. The SMILES string of the molecule is O=C(Cc1ccc(Cl)c([N+](=O)[O-])c1)c1cc2cc(Cl)ccc2sc1=O. The summed E-state index contributed by atoms with van der Waals surface area (Å²) in [5, 5.41) is 12.1. The van der Waals surface area contributed by atoms with Gasteiger partial charge in [0.2, 0.25) is 4.74 Å². The highest BCUT2D eigenvalue weighted by atomic mass is 35.5. The molecule has 0 bridgehead atoms. The van der Waals surface area contributed by atoms with Crippen LogP contribution >= 0.6 is 34.5 Å². The number of nitrogens with zero attached hydrogens (tertiary/aromatic N) is 1. The number of nitro groups is 1. The molecule has 0 saturated carbocycles. The van der Waals surface area contributed by atoms with E-state index in [1.165, 1.54) is 24.3 Å². The Morgan fingerprint density at radius 1 is 1.12 bits per heavy atom. The highest BCUT2D eigenvalue weighted by Crippen LogP contribution is 2.26. The molecule has 3 aromatic rings. The van der Waals surface area contributed by atoms with E-state index in [1.54, 1.807) is 18.2 Å². The molecule has 1 heterocycles. The molecule has 8 heteroatoms. The molecule has 0 amide bonds. The summed E-state index contributed by atoms with van der Waals surface area (Å²) < 4.78 is 0.372. The van der Waals surface area contributed by atoms with Crippen molar-refractivity contribution in [2.24, 2.45) is 0 Å². The molecule has 0 radical (unpaired) electrons. The molecule has 2 aromatic carbocycles. The number of halogens is 2. The maximum atomic E-state index is 12.5. The zero-order valence-corrected chi connectivity index (χ0v) is 14.8. The predicted octanol–water partition coefficient (Wildman–Crippen LogP) is 4.90. The van der Waals surface area contributed by atoms with Crippen molar-refractivity contribution in [1.29, 1.82) is 0 Å². The van der Waals surface area contributed by atoms with Crippen molar-refractivity contribution >= 4 is 56.1 Å². The van der Waals surface area contributed by atoms with E-state index in [1.807, 2.05) is 0 Å². The molecule has 0 N–H and O–H groups in total. The quantitative estimate of drug-likeness (QED) is 0.358. The minimum Gasteiger partial charge on any atom is -0.294 e. The van der Waals surface area contributed by atoms with Crippen LogP contribution in [0.1, 0.15) is 15.9 Å². The Balaban J connectivity index is 1.97. The molecule has 126 valence electrons. The first-order valence-corrected chi connectivity index (χ1v) is 8.62. The van der Waals surface area contributed by atoms with E-state index in [-0.39, 0.29) is 27.4 Å². The highest BCUT2D eigenvalue weighted by Gasteiger charge is 2.17. The number of rotatable bonds is 4. The molecule has 0 aliphatic rings. The molecule has 25 heavy (non-hydrogen) atoms. The van der Waals surface area contributed by atoms with E-state index in [0.717, 1.165) is 16.0 Å². The summed E-state index contributed by atoms with van der Waals surface area (Å²) in [5.74, 6) is -0.417. The number of ketones is 1. The van der Waals surface area contributed by atoms with Crippen molar-refractivity contribution in [3.05, 3.63) is 83.3 Å². The molecule has 0 unspecified atom stereocenters. The van der Waals surface area contributed by atoms with E-state index >= 15 is 0 Å². The van der Waals surface area contributed by atoms with Crippen LogP contribution in [-0.4, -0.2) is 10.7 Å². The van der Waals surface area contributed by atoms with Gasteiger partial charge in [0.05, 0.1) is 10.5 Å². The predicted molar refractivity (Wildman–Crippen MR) is 99.2 cm³/mol. The molecule has 0 spiro atoms. The average molecular weight is 394 g/mol. The lowest BCUT2D eigenvalue weighted by Crippen LogP contribution is -2.14. The molecule has 0 aliphatic carbocycles. The minimum atomic E-state index is -0.616. The fourth-order valence-electron chi connectivity index (χ4n) is 2.38. The number of fused-ring (bicyclic) bond motifs is 1. The normalized spacial score (nSPS) is 10.8. The topological polar surface area (TPSA) is 77.3 Å². The van der Waals surface area contributed by atoms with E-state index in [0.29, 0.717) is 16.0 Å². The third-order valence-corrected chi connectivity index (χ3v) is 5.12. The second-order valence-electron chi connectivity index (χ2n) is 5.27. The van der Waals surface area contributed by atoms with Gasteiger partial charge < -0.3 is 0 Å². The number of benzene rings is 2. The number of hydrogen-bond acceptors (Lipinski definition) is 5. The maximum absolute atomic E-state index is 12.5. The van der Waals surface area contributed by atoms with Gasteiger partial charge in [0.25, 0.3) is 5.69 Å². The van der Waals surface area contributed by atoms with Gasteiger partial charge in [0.15, 0.2) is 5.78 Å². The second-order valence-corrected chi connectivity index (χ2v) is 7.13. The van der Waals surface area contributed by atoms with Gasteiger partial charge in [-0.05, 0) is 41.3 Å². The number of Topliss-reactive ketones (excluding diaryl/α,β-unsaturated/α-hetero) is 1. The zero-order valence-electron chi connectivity index (χ0n) is 12.5. The van der Waals surface area contributed by atoms with Crippen LogP contribution < -0.4 is 4.74 Å². The van der Waals surface area contributed by atoms with Crippen molar-refractivity contribution in [3.63, 3.8) is 0 Å². The zero-order chi connectivity index (χ0) is 18.1. The van der Waals surface area contributed by atoms with Gasteiger partial charge in [-0.1, -0.05) is 40.6 Å². The first-order chi connectivity index (χ1) is 11.8. The van der Waals surface area contributed by atoms with Gasteiger partial charge in [0, 0.05) is 22.2 Å². The molecular weight excluding hydrogens is 385 g/mol. The molecule has 0 atom stereocenters. The summed E-state index contributed by atoms with van der Waals surface area (Å²) in [6, 6.07) is 10.7. The lowest BCUT2D eigenvalue weighted by molar-refractivity contribution is -0.384. The van der Waals surface area contributed by atoms with Gasteiger partial charge in [-0.15, -0.1) is 0 Å². The summed E-state index contributed by atoms with van der Waals surface area (Å²) >= 11 is 12.7. The standard InChI is InChI=1S/C17H9Cl2NO4S/c18-11-2-4-16-10(7-11)8-12(17(22)25-16)15(21)6-9-1-3-13(19)14(5-9)20(23)24/h1-5,7-8H,6H2. The first kappa shape index (κ1) is 17.5. The fourth-order valence-corrected chi connectivity index (χ4v) is 3.60. The Morgan fingerprint density at radius 3 is 2.60 bits per heavy atom. The third kappa shape index (κ3) is 3.71. The highest BCUT2D eigenvalue weighted by molar-refractivity contribution is 7.16. The number of carbonyl (C=O) groups excluding carboxylic acids is 1. The molecule has 3 rings (SSSR count). The van der Waals surface area contributed by atoms with E-state index in [4.69, 9.17) is 23.2 Å². The Labute approximate surface area is 155 Å². The van der Waals surface area contributed by atoms with Gasteiger partial charge in [0.1, 0.15) is 5.02 Å². The van der Waals surface area contributed by atoms with Gasteiger partial charge in [-0.2, -0.15) is 0 Å². The number of nitro benzene ring substituents is 1. The summed E-state index contributed by atoms with van der Waals surface area (Å²) in [5.41, 5.74) is 0.177. The van der Waals surface area contributed by atoms with Crippen molar-refractivity contribution in [2.75, 3.05) is 0 Å². The monoisotopic (exact) mass is 393 g/mol. The largest absolute Gasteiger partial charge is 0.294 e. The summed E-state index contributed by atoms with van der Waals surface area (Å²) in [7, 11) is 0. The van der Waals surface area contributed by atoms with Gasteiger partial charge >= 0.3 is 0 Å². The van der Waals surface area contributed by atoms with Crippen LogP contribution in [0.5, 0.6) is 0 Å². The van der Waals surface area contributed by atoms with Gasteiger partial charge in [-0.3, -0.25) is 19.7 Å². The molecule has 5 nitrogen and oxygen atoms in total. The molecule has 0 saturated heterocycles. The van der Waals surface area contributed by atoms with Crippen LogP contribution in [0, 0.1) is 10.1 Å². The van der Waals surface area contributed by atoms with Crippen LogP contribution in [0.2, 0.25) is 10.0 Å². The van der Waals surface area contributed by atoms with Crippen molar-refractivity contribution in [3.8, 4) is 0 Å². The van der Waals surface area contributed by atoms with Crippen LogP contribution in [0.25, 0.3) is 10.1 Å². The molecule has 0 aliphatic heterocycles. The van der Waals surface area contributed by atoms with Crippen LogP contribution in [0.4, 0.5) is 5.69 Å². The van der Waals surface area contributed by atoms with Crippen molar-refractivity contribution in [1.82, 2.24) is 0 Å². The smallest absolute Gasteiger partial charge is 0.288 e. The summed E-state index contributed by atoms with van der Waals surface area (Å²) in [6.07, 6.45) is -0.133. The lowest BCUT2D eigenvalue weighted by atomic mass is 10.0. The Hall–Kier alpha value is -2.28. The summed E-state index contributed by atoms with van der Waals surface area (Å²) in [6.45, 7) is 0. The number of carbonyl (C=O) groups is 1. The average Bonchev–Trinajstić information content (AvgIpc) is 2.56. The van der Waals surface area contributed by atoms with Crippen LogP contribution in [0.3, 0.4) is 0 Å². The second kappa shape index (κ2) is 6.92. The summed E-state index contributed by atoms with van der Waals surface area (Å²) in [4.78, 5) is 35.0. The van der Waals surface area contributed by atoms with Gasteiger partial charge in [-0.25, -0.2) is 0 Å².